The number of unbranched alkanes of at least 4 members (excludes halogenated alkanes) is 2. The second kappa shape index (κ2) is 11.0. The first-order valence-corrected chi connectivity index (χ1v) is 10.8. The number of thioether (sulfide) groups is 1. The van der Waals surface area contributed by atoms with E-state index in [-0.39, 0.29) is 22.0 Å². The second-order valence-corrected chi connectivity index (χ2v) is 8.45. The van der Waals surface area contributed by atoms with Crippen molar-refractivity contribution in [3.8, 4) is 11.5 Å². The summed E-state index contributed by atoms with van der Waals surface area (Å²) in [7, 11) is 1.37. The molecule has 0 fully saturated rings. The minimum absolute atomic E-state index is 0.122. The number of rotatable bonds is 9. The number of halogens is 4. The zero-order chi connectivity index (χ0) is 22.3. The van der Waals surface area contributed by atoms with E-state index in [0.29, 0.717) is 12.2 Å². The third-order valence-electron chi connectivity index (χ3n) is 4.45. The predicted molar refractivity (Wildman–Crippen MR) is 114 cm³/mol. The van der Waals surface area contributed by atoms with Gasteiger partial charge in [0.2, 0.25) is 0 Å². The van der Waals surface area contributed by atoms with Gasteiger partial charge >= 0.3 is 12.1 Å². The van der Waals surface area contributed by atoms with E-state index in [1.165, 1.54) is 24.9 Å². The molecule has 0 N–H and O–H groups in total. The van der Waals surface area contributed by atoms with E-state index in [0.717, 1.165) is 41.9 Å². The SMILES string of the molecule is CCCCCC(Sc1cc(Oc2ccc(C(F)(F)F)cc2Cl)ccc1C)C(=O)OC. The Hall–Kier alpha value is -1.86. The van der Waals surface area contributed by atoms with Gasteiger partial charge in [-0.2, -0.15) is 13.2 Å². The Morgan fingerprint density at radius 2 is 1.90 bits per heavy atom. The average Bonchev–Trinajstić information content (AvgIpc) is 2.69. The highest BCUT2D eigenvalue weighted by Crippen LogP contribution is 2.38. The fourth-order valence-electron chi connectivity index (χ4n) is 2.75. The minimum atomic E-state index is -4.48. The molecule has 164 valence electrons. The fourth-order valence-corrected chi connectivity index (χ4v) is 4.19. The minimum Gasteiger partial charge on any atom is -0.468 e. The third-order valence-corrected chi connectivity index (χ3v) is 6.15. The number of aryl methyl sites for hydroxylation is 1. The third kappa shape index (κ3) is 6.84. The van der Waals surface area contributed by atoms with Crippen molar-refractivity contribution < 1.29 is 27.4 Å². The first-order chi connectivity index (χ1) is 14.2. The Balaban J connectivity index is 2.20. The van der Waals surface area contributed by atoms with Crippen molar-refractivity contribution in [3.63, 3.8) is 0 Å². The molecule has 2 rings (SSSR count). The van der Waals surface area contributed by atoms with Crippen LogP contribution in [0.5, 0.6) is 11.5 Å². The average molecular weight is 461 g/mol. The Morgan fingerprint density at radius 3 is 2.50 bits per heavy atom. The Labute approximate surface area is 183 Å². The summed E-state index contributed by atoms with van der Waals surface area (Å²) in [6.07, 6.45) is -0.784. The molecule has 2 aromatic rings. The van der Waals surface area contributed by atoms with Gasteiger partial charge in [-0.15, -0.1) is 11.8 Å². The molecule has 1 unspecified atom stereocenters. The van der Waals surface area contributed by atoms with Crippen LogP contribution < -0.4 is 4.74 Å². The smallest absolute Gasteiger partial charge is 0.416 e. The van der Waals surface area contributed by atoms with Crippen LogP contribution in [0.2, 0.25) is 5.02 Å². The van der Waals surface area contributed by atoms with E-state index in [1.807, 2.05) is 13.0 Å². The van der Waals surface area contributed by atoms with E-state index < -0.39 is 11.7 Å². The van der Waals surface area contributed by atoms with Crippen LogP contribution in [0.4, 0.5) is 13.2 Å². The molecule has 8 heteroatoms. The molecule has 0 spiro atoms. The normalized spacial score (nSPS) is 12.5. The van der Waals surface area contributed by atoms with Crippen LogP contribution in [0.3, 0.4) is 0 Å². The number of carbonyl (C=O) groups is 1. The summed E-state index contributed by atoms with van der Waals surface area (Å²) in [5.74, 6) is 0.256. The number of methoxy groups -OCH3 is 1. The Morgan fingerprint density at radius 1 is 1.17 bits per heavy atom. The van der Waals surface area contributed by atoms with Gasteiger partial charge in [0, 0.05) is 4.90 Å². The molecule has 30 heavy (non-hydrogen) atoms. The van der Waals surface area contributed by atoms with Crippen molar-refractivity contribution in [1.29, 1.82) is 0 Å². The van der Waals surface area contributed by atoms with Crippen molar-refractivity contribution in [1.82, 2.24) is 0 Å². The summed E-state index contributed by atoms with van der Waals surface area (Å²) < 4.78 is 49.1. The van der Waals surface area contributed by atoms with Crippen molar-refractivity contribution in [3.05, 3.63) is 52.5 Å². The van der Waals surface area contributed by atoms with Crippen molar-refractivity contribution in [2.75, 3.05) is 7.11 Å². The largest absolute Gasteiger partial charge is 0.468 e. The maximum absolute atomic E-state index is 12.8. The Bertz CT molecular complexity index is 871. The van der Waals surface area contributed by atoms with Crippen LogP contribution in [-0.4, -0.2) is 18.3 Å². The first kappa shape index (κ1) is 24.4. The van der Waals surface area contributed by atoms with Gasteiger partial charge in [0.25, 0.3) is 0 Å². The second-order valence-electron chi connectivity index (χ2n) is 6.80. The molecule has 0 radical (unpaired) electrons. The van der Waals surface area contributed by atoms with Crippen LogP contribution >= 0.6 is 23.4 Å². The molecule has 1 atom stereocenters. The van der Waals surface area contributed by atoms with Crippen LogP contribution in [0, 0.1) is 6.92 Å². The topological polar surface area (TPSA) is 35.5 Å². The lowest BCUT2D eigenvalue weighted by atomic mass is 10.1. The van der Waals surface area contributed by atoms with E-state index in [4.69, 9.17) is 21.1 Å². The molecule has 2 aromatic carbocycles. The molecular formula is C22H24ClF3O3S. The molecule has 0 saturated carbocycles. The highest BCUT2D eigenvalue weighted by molar-refractivity contribution is 8.00. The van der Waals surface area contributed by atoms with Gasteiger partial charge < -0.3 is 9.47 Å². The molecule has 0 aliphatic rings. The molecule has 0 aliphatic heterocycles. The number of carbonyl (C=O) groups excluding carboxylic acids is 1. The van der Waals surface area contributed by atoms with Gasteiger partial charge in [-0.05, 0) is 49.2 Å². The van der Waals surface area contributed by atoms with Gasteiger partial charge in [-0.25, -0.2) is 0 Å². The monoisotopic (exact) mass is 460 g/mol. The van der Waals surface area contributed by atoms with E-state index in [9.17, 15) is 18.0 Å². The van der Waals surface area contributed by atoms with E-state index in [2.05, 4.69) is 6.92 Å². The zero-order valence-corrected chi connectivity index (χ0v) is 18.6. The fraction of sp³-hybridized carbons (Fsp3) is 0.409. The number of benzene rings is 2. The van der Waals surface area contributed by atoms with Crippen LogP contribution in [0.1, 0.15) is 43.7 Å². The molecule has 0 aliphatic carbocycles. The predicted octanol–water partition coefficient (Wildman–Crippen LogP) is 7.67. The maximum atomic E-state index is 12.8. The lowest BCUT2D eigenvalue weighted by Crippen LogP contribution is -2.18. The summed E-state index contributed by atoms with van der Waals surface area (Å²) in [6, 6.07) is 8.24. The molecule has 0 heterocycles. The summed E-state index contributed by atoms with van der Waals surface area (Å²) in [4.78, 5) is 13.0. The quantitative estimate of drug-likeness (QED) is 0.218. The summed E-state index contributed by atoms with van der Waals surface area (Å²) in [5, 5.41) is -0.475. The molecule has 3 nitrogen and oxygen atoms in total. The number of hydrogen-bond acceptors (Lipinski definition) is 4. The van der Waals surface area contributed by atoms with Crippen molar-refractivity contribution >= 4 is 29.3 Å². The highest BCUT2D eigenvalue weighted by Gasteiger charge is 2.31. The number of alkyl halides is 3. The lowest BCUT2D eigenvalue weighted by molar-refractivity contribution is -0.140. The van der Waals surface area contributed by atoms with Gasteiger partial charge in [-0.1, -0.05) is 43.9 Å². The van der Waals surface area contributed by atoms with Gasteiger partial charge in [0.05, 0.1) is 17.7 Å². The zero-order valence-electron chi connectivity index (χ0n) is 17.0. The molecule has 0 amide bonds. The number of hydrogen-bond donors (Lipinski definition) is 0. The number of ether oxygens (including phenoxy) is 2. The van der Waals surface area contributed by atoms with Gasteiger partial charge in [-0.3, -0.25) is 4.79 Å². The summed E-state index contributed by atoms with van der Waals surface area (Å²) in [5.41, 5.74) is 0.114. The van der Waals surface area contributed by atoms with Gasteiger partial charge in [0.15, 0.2) is 0 Å². The van der Waals surface area contributed by atoms with E-state index >= 15 is 0 Å². The standard InChI is InChI=1S/C22H24ClF3O3S/c1-4-5-6-7-19(21(27)28-3)30-20-13-16(10-8-14(20)2)29-18-11-9-15(12-17(18)23)22(24,25)26/h8-13,19H,4-7H2,1-3H3. The maximum Gasteiger partial charge on any atom is 0.416 e. The number of esters is 1. The van der Waals surface area contributed by atoms with Crippen LogP contribution in [0.15, 0.2) is 41.3 Å². The van der Waals surface area contributed by atoms with E-state index in [1.54, 1.807) is 12.1 Å². The molecule has 0 bridgehead atoms. The summed E-state index contributed by atoms with van der Waals surface area (Å²) >= 11 is 7.38. The van der Waals surface area contributed by atoms with Crippen LogP contribution in [0.25, 0.3) is 0 Å². The Kier molecular flexibility index (Phi) is 8.92. The van der Waals surface area contributed by atoms with Crippen molar-refractivity contribution in [2.24, 2.45) is 0 Å². The molecule has 0 aromatic heterocycles. The first-order valence-electron chi connectivity index (χ1n) is 9.55. The molecule has 0 saturated heterocycles. The van der Waals surface area contributed by atoms with Crippen LogP contribution in [-0.2, 0) is 15.7 Å². The van der Waals surface area contributed by atoms with Crippen molar-refractivity contribution in [2.45, 2.75) is 55.9 Å². The molecular weight excluding hydrogens is 437 g/mol. The summed E-state index contributed by atoms with van der Waals surface area (Å²) in [6.45, 7) is 4.01. The lowest BCUT2D eigenvalue weighted by Gasteiger charge is -2.17. The highest BCUT2D eigenvalue weighted by atomic mass is 35.5. The van der Waals surface area contributed by atoms with Gasteiger partial charge in [0.1, 0.15) is 16.7 Å².